The number of aliphatic hydroxyl groups is 3. The van der Waals surface area contributed by atoms with E-state index < -0.39 is 6.29 Å². The van der Waals surface area contributed by atoms with Gasteiger partial charge in [-0.25, -0.2) is 0 Å². The van der Waals surface area contributed by atoms with E-state index in [1.807, 2.05) is 48.6 Å². The molecule has 126 valence electrons. The summed E-state index contributed by atoms with van der Waals surface area (Å²) >= 11 is 0. The number of benzene rings is 2. The number of rotatable bonds is 4. The average Bonchev–Trinajstić information content (AvgIpc) is 3.28. The maximum atomic E-state index is 9.54. The van der Waals surface area contributed by atoms with Crippen LogP contribution >= 0.6 is 0 Å². The molecule has 0 aliphatic heterocycles. The first-order valence-electron chi connectivity index (χ1n) is 8.45. The smallest absolute Gasteiger partial charge is 0.161 e. The van der Waals surface area contributed by atoms with Crippen molar-refractivity contribution in [3.05, 3.63) is 88.5 Å². The highest BCUT2D eigenvalue weighted by atomic mass is 16.5. The van der Waals surface area contributed by atoms with Crippen LogP contribution in [0.1, 0.15) is 40.2 Å². The van der Waals surface area contributed by atoms with Gasteiger partial charge in [-0.2, -0.15) is 0 Å². The Balaban J connectivity index is 1.57. The molecule has 0 amide bonds. The topological polar surface area (TPSA) is 60.7 Å². The number of fused-ring (bicyclic) bond motifs is 1. The largest absolute Gasteiger partial charge is 0.392 e. The van der Waals surface area contributed by atoms with Crippen molar-refractivity contribution in [3.8, 4) is 0 Å². The zero-order valence-electron chi connectivity index (χ0n) is 13.8. The van der Waals surface area contributed by atoms with Gasteiger partial charge in [0.2, 0.25) is 0 Å². The summed E-state index contributed by atoms with van der Waals surface area (Å²) in [5, 5.41) is 28.5. The predicted octanol–water partition coefficient (Wildman–Crippen LogP) is 3.47. The molecule has 3 N–H and O–H groups in total. The fourth-order valence-electron chi connectivity index (χ4n) is 3.67. The summed E-state index contributed by atoms with van der Waals surface area (Å²) in [5.41, 5.74) is 7.62. The third-order valence-corrected chi connectivity index (χ3v) is 5.02. The first-order chi connectivity index (χ1) is 12.2. The molecule has 1 atom stereocenters. The molecule has 4 rings (SSSR count). The molecular formula is C22H20O3. The molecular weight excluding hydrogens is 312 g/mol. The zero-order valence-corrected chi connectivity index (χ0v) is 13.8. The Labute approximate surface area is 146 Å². The van der Waals surface area contributed by atoms with E-state index in [2.05, 4.69) is 18.2 Å². The van der Waals surface area contributed by atoms with Crippen LogP contribution in [0.15, 0.2) is 60.7 Å². The monoisotopic (exact) mass is 332 g/mol. The highest BCUT2D eigenvalue weighted by Crippen LogP contribution is 2.38. The quantitative estimate of drug-likeness (QED) is 0.751. The molecule has 0 heterocycles. The summed E-state index contributed by atoms with van der Waals surface area (Å²) in [7, 11) is 0. The molecule has 0 saturated heterocycles. The van der Waals surface area contributed by atoms with Crippen LogP contribution < -0.4 is 0 Å². The predicted molar refractivity (Wildman–Crippen MR) is 99.4 cm³/mol. The lowest BCUT2D eigenvalue weighted by atomic mass is 9.93. The van der Waals surface area contributed by atoms with Crippen molar-refractivity contribution >= 4 is 17.2 Å². The van der Waals surface area contributed by atoms with Gasteiger partial charge in [0.05, 0.1) is 12.5 Å². The lowest BCUT2D eigenvalue weighted by Crippen LogP contribution is -2.14. The molecule has 25 heavy (non-hydrogen) atoms. The van der Waals surface area contributed by atoms with Crippen LogP contribution in [0, 0.1) is 0 Å². The Bertz CT molecular complexity index is 903. The number of allylic oxidation sites excluding steroid dienone is 4. The minimum Gasteiger partial charge on any atom is -0.392 e. The molecule has 2 aromatic carbocycles. The molecule has 3 nitrogen and oxygen atoms in total. The molecule has 0 spiro atoms. The first kappa shape index (κ1) is 16.0. The standard InChI is InChI=1S/C22H20O3/c23-13-18-3-1-2-4-19(18)16-6-5-14(11-16)15-7-9-20-17(12-15)8-10-21(20)22(24)25/h1-10,12,21-25H,11,13H2. The second-order valence-electron chi connectivity index (χ2n) is 6.52. The SMILES string of the molecule is OCc1ccccc1C1=CC=C(c2ccc3c(c2)C=CC3C(O)O)C1. The molecule has 1 unspecified atom stereocenters. The Morgan fingerprint density at radius 1 is 1.00 bits per heavy atom. The highest BCUT2D eigenvalue weighted by Gasteiger charge is 2.24. The summed E-state index contributed by atoms with van der Waals surface area (Å²) in [5.74, 6) is -0.341. The van der Waals surface area contributed by atoms with Crippen molar-refractivity contribution in [2.75, 3.05) is 0 Å². The molecule has 2 aromatic rings. The summed E-state index contributed by atoms with van der Waals surface area (Å²) in [4.78, 5) is 0. The minimum atomic E-state index is -1.36. The molecule has 2 aliphatic rings. The van der Waals surface area contributed by atoms with Crippen LogP contribution in [0.3, 0.4) is 0 Å². The third-order valence-electron chi connectivity index (χ3n) is 5.02. The summed E-state index contributed by atoms with van der Waals surface area (Å²) in [6.45, 7) is 0.0390. The van der Waals surface area contributed by atoms with E-state index in [4.69, 9.17) is 0 Å². The van der Waals surface area contributed by atoms with E-state index in [-0.39, 0.29) is 12.5 Å². The minimum absolute atomic E-state index is 0.0390. The lowest BCUT2D eigenvalue weighted by Gasteiger charge is -2.14. The Morgan fingerprint density at radius 3 is 2.60 bits per heavy atom. The summed E-state index contributed by atoms with van der Waals surface area (Å²) < 4.78 is 0. The molecule has 2 aliphatic carbocycles. The maximum absolute atomic E-state index is 9.54. The van der Waals surface area contributed by atoms with E-state index in [1.165, 1.54) is 11.1 Å². The third kappa shape index (κ3) is 2.87. The zero-order chi connectivity index (χ0) is 17.4. The van der Waals surface area contributed by atoms with Crippen molar-refractivity contribution in [1.82, 2.24) is 0 Å². The van der Waals surface area contributed by atoms with Crippen LogP contribution in [0.5, 0.6) is 0 Å². The van der Waals surface area contributed by atoms with Crippen molar-refractivity contribution in [3.63, 3.8) is 0 Å². The van der Waals surface area contributed by atoms with E-state index in [0.29, 0.717) is 0 Å². The fourth-order valence-corrected chi connectivity index (χ4v) is 3.67. The fraction of sp³-hybridized carbons (Fsp3) is 0.182. The van der Waals surface area contributed by atoms with Crippen molar-refractivity contribution < 1.29 is 15.3 Å². The van der Waals surface area contributed by atoms with Crippen molar-refractivity contribution in [1.29, 1.82) is 0 Å². The number of hydrogen-bond acceptors (Lipinski definition) is 3. The number of hydrogen-bond donors (Lipinski definition) is 3. The van der Waals surface area contributed by atoms with Gasteiger partial charge in [0.25, 0.3) is 0 Å². The first-order valence-corrected chi connectivity index (χ1v) is 8.45. The molecule has 0 bridgehead atoms. The van der Waals surface area contributed by atoms with Gasteiger partial charge in [-0.1, -0.05) is 60.7 Å². The maximum Gasteiger partial charge on any atom is 0.161 e. The average molecular weight is 332 g/mol. The van der Waals surface area contributed by atoms with Gasteiger partial charge in [0.1, 0.15) is 0 Å². The van der Waals surface area contributed by atoms with Gasteiger partial charge in [0, 0.05) is 0 Å². The Hall–Kier alpha value is -2.46. The molecule has 0 fully saturated rings. The summed E-state index contributed by atoms with van der Waals surface area (Å²) in [6.07, 6.45) is 7.50. The van der Waals surface area contributed by atoms with Gasteiger partial charge in [0.15, 0.2) is 6.29 Å². The molecule has 3 heteroatoms. The van der Waals surface area contributed by atoms with E-state index >= 15 is 0 Å². The lowest BCUT2D eigenvalue weighted by molar-refractivity contribution is -0.0490. The van der Waals surface area contributed by atoms with Crippen LogP contribution in [0.4, 0.5) is 0 Å². The van der Waals surface area contributed by atoms with Gasteiger partial charge in [-0.05, 0) is 51.5 Å². The normalized spacial score (nSPS) is 18.5. The Kier molecular flexibility index (Phi) is 4.14. The molecule has 0 radical (unpaired) electrons. The van der Waals surface area contributed by atoms with Gasteiger partial charge >= 0.3 is 0 Å². The number of aliphatic hydroxyl groups excluding tert-OH is 2. The second kappa shape index (κ2) is 6.45. The van der Waals surface area contributed by atoms with E-state index in [9.17, 15) is 15.3 Å². The van der Waals surface area contributed by atoms with Crippen LogP contribution in [-0.2, 0) is 6.61 Å². The van der Waals surface area contributed by atoms with Crippen molar-refractivity contribution in [2.45, 2.75) is 25.2 Å². The van der Waals surface area contributed by atoms with Crippen LogP contribution in [0.2, 0.25) is 0 Å². The molecule has 0 saturated carbocycles. The van der Waals surface area contributed by atoms with Crippen molar-refractivity contribution in [2.24, 2.45) is 0 Å². The molecule has 0 aromatic heterocycles. The van der Waals surface area contributed by atoms with E-state index in [0.717, 1.165) is 34.2 Å². The highest BCUT2D eigenvalue weighted by molar-refractivity contribution is 5.88. The van der Waals surface area contributed by atoms with Crippen LogP contribution in [0.25, 0.3) is 17.2 Å². The van der Waals surface area contributed by atoms with Gasteiger partial charge in [-0.15, -0.1) is 0 Å². The Morgan fingerprint density at radius 2 is 1.80 bits per heavy atom. The summed E-state index contributed by atoms with van der Waals surface area (Å²) in [6, 6.07) is 14.1. The van der Waals surface area contributed by atoms with Gasteiger partial charge < -0.3 is 15.3 Å². The van der Waals surface area contributed by atoms with Crippen LogP contribution in [-0.4, -0.2) is 21.6 Å². The second-order valence-corrected chi connectivity index (χ2v) is 6.52. The van der Waals surface area contributed by atoms with Gasteiger partial charge in [-0.3, -0.25) is 0 Å². The van der Waals surface area contributed by atoms with E-state index in [1.54, 1.807) is 0 Å².